The van der Waals surface area contributed by atoms with Gasteiger partial charge in [0.1, 0.15) is 6.04 Å². The van der Waals surface area contributed by atoms with Gasteiger partial charge in [-0.15, -0.1) is 0 Å². The molecule has 0 N–H and O–H groups in total. The Labute approximate surface area is 149 Å². The Morgan fingerprint density at radius 2 is 1.92 bits per heavy atom. The summed E-state index contributed by atoms with van der Waals surface area (Å²) in [5.74, 6) is -0.286. The number of nitrogens with zero attached hydrogens (tertiary/aromatic N) is 4. The summed E-state index contributed by atoms with van der Waals surface area (Å²) in [5, 5.41) is 4.17. The van der Waals surface area contributed by atoms with E-state index in [0.717, 1.165) is 5.56 Å². The molecule has 0 saturated heterocycles. The molecule has 0 fully saturated rings. The second-order valence-corrected chi connectivity index (χ2v) is 8.07. The molecule has 7 nitrogen and oxygen atoms in total. The lowest BCUT2D eigenvalue weighted by Gasteiger charge is -2.16. The zero-order valence-corrected chi connectivity index (χ0v) is 14.6. The van der Waals surface area contributed by atoms with E-state index in [2.05, 4.69) is 10.0 Å². The number of hydrogen-bond donors (Lipinski definition) is 0. The molecule has 1 unspecified atom stereocenters. The van der Waals surface area contributed by atoms with Crippen LogP contribution < -0.4 is 0 Å². The highest BCUT2D eigenvalue weighted by molar-refractivity contribution is 7.90. The summed E-state index contributed by atoms with van der Waals surface area (Å²) >= 11 is 0. The van der Waals surface area contributed by atoms with Crippen LogP contribution in [0.4, 0.5) is 0 Å². The fourth-order valence-electron chi connectivity index (χ4n) is 3.36. The maximum atomic E-state index is 13.1. The monoisotopic (exact) mass is 366 g/mol. The van der Waals surface area contributed by atoms with Crippen LogP contribution in [0.3, 0.4) is 0 Å². The summed E-state index contributed by atoms with van der Waals surface area (Å²) in [6.07, 6.45) is 1.71. The number of Topliss-reactive ketones (excluding diaryl/α,β-unsaturated/α-hetero) is 1. The number of carbonyl (C=O) groups is 1. The largest absolute Gasteiger partial charge is 0.294 e. The minimum Gasteiger partial charge on any atom is -0.294 e. The van der Waals surface area contributed by atoms with E-state index < -0.39 is 16.1 Å². The highest BCUT2D eigenvalue weighted by Gasteiger charge is 2.32. The molecule has 0 bridgehead atoms. The summed E-state index contributed by atoms with van der Waals surface area (Å²) in [5.41, 5.74) is 11.2. The zero-order valence-electron chi connectivity index (χ0n) is 13.8. The van der Waals surface area contributed by atoms with Gasteiger partial charge in [0.05, 0.1) is 10.4 Å². The van der Waals surface area contributed by atoms with E-state index in [1.54, 1.807) is 42.5 Å². The van der Waals surface area contributed by atoms with Gasteiger partial charge in [-0.05, 0) is 42.6 Å². The van der Waals surface area contributed by atoms with Crippen LogP contribution in [0, 0.1) is 6.92 Å². The highest BCUT2D eigenvalue weighted by Crippen LogP contribution is 2.34. The number of carbonyl (C=O) groups excluding carboxylic acids is 1. The number of aryl methyl sites for hydroxylation is 1. The van der Waals surface area contributed by atoms with Crippen molar-refractivity contribution in [2.45, 2.75) is 24.3 Å². The van der Waals surface area contributed by atoms with E-state index >= 15 is 0 Å². The molecule has 1 heterocycles. The van der Waals surface area contributed by atoms with E-state index in [-0.39, 0.29) is 17.1 Å². The first-order chi connectivity index (χ1) is 12.4. The molecule has 0 amide bonds. The molecule has 0 radical (unpaired) electrons. The topological polar surface area (TPSA) is 105 Å². The van der Waals surface area contributed by atoms with Gasteiger partial charge in [0.2, 0.25) is 0 Å². The molecule has 1 aliphatic carbocycles. The maximum Gasteiger partial charge on any atom is 0.268 e. The normalized spacial score (nSPS) is 16.5. The maximum absolute atomic E-state index is 13.1. The minimum absolute atomic E-state index is 0.175. The number of aromatic nitrogens is 1. The Morgan fingerprint density at radius 1 is 1.19 bits per heavy atom. The Kier molecular flexibility index (Phi) is 3.61. The third-order valence-electron chi connectivity index (χ3n) is 4.62. The van der Waals surface area contributed by atoms with Crippen LogP contribution in [-0.4, -0.2) is 24.2 Å². The highest BCUT2D eigenvalue weighted by atomic mass is 32.2. The quantitative estimate of drug-likeness (QED) is 0.401. The van der Waals surface area contributed by atoms with Gasteiger partial charge in [0, 0.05) is 22.1 Å². The van der Waals surface area contributed by atoms with Gasteiger partial charge in [-0.3, -0.25) is 4.79 Å². The molecule has 2 aromatic carbocycles. The van der Waals surface area contributed by atoms with Crippen molar-refractivity contribution in [2.24, 2.45) is 5.11 Å². The number of ketones is 1. The van der Waals surface area contributed by atoms with Crippen LogP contribution in [-0.2, 0) is 16.4 Å². The fourth-order valence-corrected chi connectivity index (χ4v) is 4.74. The van der Waals surface area contributed by atoms with Crippen LogP contribution in [0.25, 0.3) is 21.3 Å². The Hall–Kier alpha value is -3.09. The van der Waals surface area contributed by atoms with Crippen molar-refractivity contribution in [3.8, 4) is 0 Å². The second-order valence-electron chi connectivity index (χ2n) is 6.26. The molecule has 130 valence electrons. The average molecular weight is 366 g/mol. The van der Waals surface area contributed by atoms with Crippen LogP contribution >= 0.6 is 0 Å². The van der Waals surface area contributed by atoms with E-state index in [1.165, 1.54) is 10.2 Å². The van der Waals surface area contributed by atoms with E-state index in [4.69, 9.17) is 5.53 Å². The number of hydrogen-bond acceptors (Lipinski definition) is 4. The number of benzene rings is 2. The molecule has 4 rings (SSSR count). The standard InChI is InChI=1S/C18H14N4O3S/c1-11-5-7-13(8-6-11)26(24,25)22-10-12-9-15(20-21-19)18(23)14-3-2-4-16(22)17(12)14/h2-8,10,15H,9H2,1H3. The number of azide groups is 1. The average Bonchev–Trinajstić information content (AvgIpc) is 3.00. The SMILES string of the molecule is Cc1ccc(S(=O)(=O)n2cc3c4c(cccc42)C(=O)C(N=[N+]=[N-])C3)cc1. The second kappa shape index (κ2) is 5.72. The summed E-state index contributed by atoms with van der Waals surface area (Å²) in [6, 6.07) is 10.7. The van der Waals surface area contributed by atoms with Crippen molar-refractivity contribution in [3.63, 3.8) is 0 Å². The predicted octanol–water partition coefficient (Wildman–Crippen LogP) is 3.60. The first kappa shape index (κ1) is 16.4. The number of rotatable bonds is 3. The van der Waals surface area contributed by atoms with Gasteiger partial charge in [-0.1, -0.05) is 34.9 Å². The molecule has 8 heteroatoms. The third kappa shape index (κ3) is 2.31. The molecule has 26 heavy (non-hydrogen) atoms. The first-order valence-corrected chi connectivity index (χ1v) is 9.41. The van der Waals surface area contributed by atoms with Crippen molar-refractivity contribution in [1.82, 2.24) is 3.97 Å². The van der Waals surface area contributed by atoms with Gasteiger partial charge in [0.25, 0.3) is 10.0 Å². The molecule has 0 spiro atoms. The smallest absolute Gasteiger partial charge is 0.268 e. The lowest BCUT2D eigenvalue weighted by Crippen LogP contribution is -2.24. The fraction of sp³-hybridized carbons (Fsp3) is 0.167. The van der Waals surface area contributed by atoms with Gasteiger partial charge in [-0.2, -0.15) is 0 Å². The zero-order chi connectivity index (χ0) is 18.5. The Balaban J connectivity index is 1.97. The minimum atomic E-state index is -3.81. The lowest BCUT2D eigenvalue weighted by molar-refractivity contribution is 0.0960. The van der Waals surface area contributed by atoms with Gasteiger partial charge < -0.3 is 0 Å². The van der Waals surface area contributed by atoms with Crippen molar-refractivity contribution >= 4 is 26.7 Å². The molecule has 1 aromatic heterocycles. The van der Waals surface area contributed by atoms with E-state index in [1.807, 2.05) is 6.92 Å². The molecule has 0 saturated carbocycles. The molecule has 0 aliphatic heterocycles. The van der Waals surface area contributed by atoms with Gasteiger partial charge in [0.15, 0.2) is 5.78 Å². The Bertz CT molecular complexity index is 1200. The van der Waals surface area contributed by atoms with Crippen LogP contribution in [0.2, 0.25) is 0 Å². The van der Waals surface area contributed by atoms with Gasteiger partial charge in [-0.25, -0.2) is 12.4 Å². The van der Waals surface area contributed by atoms with Crippen LogP contribution in [0.5, 0.6) is 0 Å². The molecule has 3 aromatic rings. The van der Waals surface area contributed by atoms with Crippen molar-refractivity contribution < 1.29 is 13.2 Å². The lowest BCUT2D eigenvalue weighted by atomic mass is 9.89. The molecular formula is C18H14N4O3S. The third-order valence-corrected chi connectivity index (χ3v) is 6.31. The summed E-state index contributed by atoms with van der Waals surface area (Å²) in [4.78, 5) is 15.4. The first-order valence-electron chi connectivity index (χ1n) is 7.97. The van der Waals surface area contributed by atoms with E-state index in [9.17, 15) is 13.2 Å². The van der Waals surface area contributed by atoms with Gasteiger partial charge >= 0.3 is 0 Å². The van der Waals surface area contributed by atoms with Crippen LogP contribution in [0.15, 0.2) is 58.7 Å². The Morgan fingerprint density at radius 3 is 2.62 bits per heavy atom. The van der Waals surface area contributed by atoms with Crippen molar-refractivity contribution in [2.75, 3.05) is 0 Å². The predicted molar refractivity (Wildman–Crippen MR) is 96.7 cm³/mol. The summed E-state index contributed by atoms with van der Waals surface area (Å²) < 4.78 is 27.4. The van der Waals surface area contributed by atoms with Crippen molar-refractivity contribution in [1.29, 1.82) is 0 Å². The molecule has 1 atom stereocenters. The molecule has 1 aliphatic rings. The van der Waals surface area contributed by atoms with Crippen LogP contribution in [0.1, 0.15) is 21.5 Å². The van der Waals surface area contributed by atoms with Crippen molar-refractivity contribution in [3.05, 3.63) is 75.8 Å². The van der Waals surface area contributed by atoms with E-state index in [0.29, 0.717) is 22.0 Å². The molecular weight excluding hydrogens is 352 g/mol. The summed E-state index contributed by atoms with van der Waals surface area (Å²) in [7, 11) is -3.81. The summed E-state index contributed by atoms with van der Waals surface area (Å²) in [6.45, 7) is 1.88.